The van der Waals surface area contributed by atoms with Gasteiger partial charge in [0, 0.05) is 37.9 Å². The Bertz CT molecular complexity index is 251. The largest absolute Gasteiger partial charge is 0.381 e. The first-order valence-corrected chi connectivity index (χ1v) is 7.72. The molecule has 0 bridgehead atoms. The second-order valence-electron chi connectivity index (χ2n) is 6.38. The van der Waals surface area contributed by atoms with Gasteiger partial charge in [0.15, 0.2) is 0 Å². The first-order valence-electron chi connectivity index (χ1n) is 7.72. The molecule has 3 heteroatoms. The van der Waals surface area contributed by atoms with Gasteiger partial charge in [-0.05, 0) is 45.1 Å². The van der Waals surface area contributed by atoms with Gasteiger partial charge in [-0.1, -0.05) is 13.8 Å². The maximum Gasteiger partial charge on any atom is 0.0483 e. The van der Waals surface area contributed by atoms with Gasteiger partial charge in [-0.25, -0.2) is 0 Å². The molecule has 0 aliphatic carbocycles. The lowest BCUT2D eigenvalue weighted by atomic mass is 9.85. The average Bonchev–Trinajstić information content (AvgIpc) is 2.38. The molecule has 0 aromatic heterocycles. The van der Waals surface area contributed by atoms with Crippen LogP contribution in [0.2, 0.25) is 0 Å². The maximum absolute atomic E-state index is 5.52. The monoisotopic (exact) mass is 254 g/mol. The van der Waals surface area contributed by atoms with Crippen LogP contribution < -0.4 is 5.32 Å². The Morgan fingerprint density at radius 1 is 1.33 bits per heavy atom. The van der Waals surface area contributed by atoms with Gasteiger partial charge in [-0.2, -0.15) is 0 Å². The number of hydrogen-bond donors (Lipinski definition) is 1. The summed E-state index contributed by atoms with van der Waals surface area (Å²) in [6.45, 7) is 12.6. The molecule has 2 heterocycles. The summed E-state index contributed by atoms with van der Waals surface area (Å²) in [5, 5.41) is 3.71. The Hall–Kier alpha value is -0.120. The maximum atomic E-state index is 5.52. The van der Waals surface area contributed by atoms with E-state index >= 15 is 0 Å². The van der Waals surface area contributed by atoms with Gasteiger partial charge in [0.25, 0.3) is 0 Å². The van der Waals surface area contributed by atoms with E-state index in [0.717, 1.165) is 25.2 Å². The molecule has 2 rings (SSSR count). The quantitative estimate of drug-likeness (QED) is 0.833. The lowest BCUT2D eigenvalue weighted by Crippen LogP contribution is -2.57. The first-order chi connectivity index (χ1) is 8.65. The molecule has 2 aliphatic heterocycles. The molecule has 2 aliphatic rings. The van der Waals surface area contributed by atoms with E-state index in [1.54, 1.807) is 0 Å². The van der Waals surface area contributed by atoms with Crippen LogP contribution in [0, 0.1) is 5.92 Å². The van der Waals surface area contributed by atoms with Gasteiger partial charge in [0.2, 0.25) is 0 Å². The molecule has 2 unspecified atom stereocenters. The lowest BCUT2D eigenvalue weighted by molar-refractivity contribution is -0.0391. The van der Waals surface area contributed by atoms with Crippen LogP contribution >= 0.6 is 0 Å². The Morgan fingerprint density at radius 2 is 2.06 bits per heavy atom. The van der Waals surface area contributed by atoms with Gasteiger partial charge in [-0.3, -0.25) is 4.90 Å². The Balaban J connectivity index is 1.86. The highest BCUT2D eigenvalue weighted by Gasteiger charge is 2.37. The van der Waals surface area contributed by atoms with Crippen molar-refractivity contribution in [3.63, 3.8) is 0 Å². The molecule has 106 valence electrons. The molecule has 2 atom stereocenters. The van der Waals surface area contributed by atoms with Gasteiger partial charge >= 0.3 is 0 Å². The first kappa shape index (κ1) is 14.3. The number of nitrogens with zero attached hydrogens (tertiary/aromatic N) is 1. The average molecular weight is 254 g/mol. The van der Waals surface area contributed by atoms with E-state index in [9.17, 15) is 0 Å². The number of piperidine rings is 1. The number of nitrogens with one attached hydrogen (secondary N) is 1. The lowest BCUT2D eigenvalue weighted by Gasteiger charge is -2.49. The normalized spacial score (nSPS) is 33.5. The summed E-state index contributed by atoms with van der Waals surface area (Å²) in [4.78, 5) is 2.73. The topological polar surface area (TPSA) is 24.5 Å². The van der Waals surface area contributed by atoms with Crippen LogP contribution in [0.15, 0.2) is 0 Å². The van der Waals surface area contributed by atoms with E-state index in [0.29, 0.717) is 5.54 Å². The fourth-order valence-electron chi connectivity index (χ4n) is 3.40. The summed E-state index contributed by atoms with van der Waals surface area (Å²) >= 11 is 0. The molecular weight excluding hydrogens is 224 g/mol. The summed E-state index contributed by atoms with van der Waals surface area (Å²) in [6.07, 6.45) is 4.94. The van der Waals surface area contributed by atoms with E-state index in [-0.39, 0.29) is 0 Å². The van der Waals surface area contributed by atoms with Crippen molar-refractivity contribution in [2.24, 2.45) is 5.92 Å². The predicted molar refractivity (Wildman–Crippen MR) is 75.9 cm³/mol. The summed E-state index contributed by atoms with van der Waals surface area (Å²) in [6, 6.07) is 0.727. The predicted octanol–water partition coefficient (Wildman–Crippen LogP) is 2.27. The van der Waals surface area contributed by atoms with E-state index in [1.165, 1.54) is 45.3 Å². The molecule has 0 spiro atoms. The minimum Gasteiger partial charge on any atom is -0.381 e. The molecule has 3 nitrogen and oxygen atoms in total. The van der Waals surface area contributed by atoms with Crippen molar-refractivity contribution in [1.82, 2.24) is 10.2 Å². The smallest absolute Gasteiger partial charge is 0.0483 e. The van der Waals surface area contributed by atoms with Crippen LogP contribution in [0.1, 0.15) is 46.5 Å². The molecular formula is C15H30N2O. The minimum absolute atomic E-state index is 0.391. The van der Waals surface area contributed by atoms with Crippen molar-refractivity contribution in [1.29, 1.82) is 0 Å². The van der Waals surface area contributed by atoms with Crippen molar-refractivity contribution in [3.8, 4) is 0 Å². The van der Waals surface area contributed by atoms with Crippen molar-refractivity contribution >= 4 is 0 Å². The minimum atomic E-state index is 0.391. The fraction of sp³-hybridized carbons (Fsp3) is 1.00. The molecule has 2 saturated heterocycles. The number of hydrogen-bond acceptors (Lipinski definition) is 3. The summed E-state index contributed by atoms with van der Waals surface area (Å²) in [7, 11) is 0. The van der Waals surface area contributed by atoms with Gasteiger partial charge < -0.3 is 10.1 Å². The SMILES string of the molecule is CCCNC1CCN(C2(C)CCOCC2)CC1C. The van der Waals surface area contributed by atoms with Crippen LogP contribution in [-0.4, -0.2) is 49.3 Å². The zero-order chi connectivity index (χ0) is 13.0. The third kappa shape index (κ3) is 3.25. The van der Waals surface area contributed by atoms with Crippen molar-refractivity contribution in [3.05, 3.63) is 0 Å². The molecule has 2 fully saturated rings. The van der Waals surface area contributed by atoms with E-state index in [4.69, 9.17) is 4.74 Å². The van der Waals surface area contributed by atoms with Crippen molar-refractivity contribution < 1.29 is 4.74 Å². The molecule has 0 amide bonds. The van der Waals surface area contributed by atoms with E-state index in [1.807, 2.05) is 0 Å². The standard InChI is InChI=1S/C15H30N2O/c1-4-8-16-14-5-9-17(12-13(14)2)15(3)6-10-18-11-7-15/h13-14,16H,4-12H2,1-3H3. The van der Waals surface area contributed by atoms with Gasteiger partial charge in [-0.15, -0.1) is 0 Å². The zero-order valence-electron chi connectivity index (χ0n) is 12.4. The van der Waals surface area contributed by atoms with Crippen LogP contribution in [0.25, 0.3) is 0 Å². The third-order valence-electron chi connectivity index (χ3n) is 4.90. The number of likely N-dealkylation sites (tertiary alicyclic amines) is 1. The zero-order valence-corrected chi connectivity index (χ0v) is 12.4. The van der Waals surface area contributed by atoms with Crippen molar-refractivity contribution in [2.45, 2.75) is 58.0 Å². The van der Waals surface area contributed by atoms with Gasteiger partial charge in [0.05, 0.1) is 0 Å². The molecule has 1 N–H and O–H groups in total. The third-order valence-corrected chi connectivity index (χ3v) is 4.90. The molecule has 0 aromatic carbocycles. The highest BCUT2D eigenvalue weighted by Crippen LogP contribution is 2.31. The van der Waals surface area contributed by atoms with E-state index in [2.05, 4.69) is 31.0 Å². The van der Waals surface area contributed by atoms with Crippen LogP contribution in [0.4, 0.5) is 0 Å². The van der Waals surface area contributed by atoms with Gasteiger partial charge in [0.1, 0.15) is 0 Å². The van der Waals surface area contributed by atoms with Crippen LogP contribution in [0.5, 0.6) is 0 Å². The Morgan fingerprint density at radius 3 is 2.67 bits per heavy atom. The summed E-state index contributed by atoms with van der Waals surface area (Å²) < 4.78 is 5.52. The molecule has 0 radical (unpaired) electrons. The fourth-order valence-corrected chi connectivity index (χ4v) is 3.40. The molecule has 0 saturated carbocycles. The summed E-state index contributed by atoms with van der Waals surface area (Å²) in [5.41, 5.74) is 0.391. The second kappa shape index (κ2) is 6.36. The highest BCUT2D eigenvalue weighted by atomic mass is 16.5. The highest BCUT2D eigenvalue weighted by molar-refractivity contribution is 4.93. The molecule has 18 heavy (non-hydrogen) atoms. The van der Waals surface area contributed by atoms with Crippen LogP contribution in [0.3, 0.4) is 0 Å². The van der Waals surface area contributed by atoms with Crippen molar-refractivity contribution in [2.75, 3.05) is 32.8 Å². The number of rotatable bonds is 4. The summed E-state index contributed by atoms with van der Waals surface area (Å²) in [5.74, 6) is 0.768. The van der Waals surface area contributed by atoms with Crippen LogP contribution in [-0.2, 0) is 4.74 Å². The Labute approximate surface area is 112 Å². The van der Waals surface area contributed by atoms with E-state index < -0.39 is 0 Å². The Kier molecular flexibility index (Phi) is 5.05. The number of ether oxygens (including phenoxy) is 1. The second-order valence-corrected chi connectivity index (χ2v) is 6.38. The molecule has 0 aromatic rings.